The maximum absolute atomic E-state index is 10.6. The molecule has 0 aliphatic heterocycles. The van der Waals surface area contributed by atoms with E-state index < -0.39 is 0 Å². The molecule has 0 radical (unpaired) electrons. The fraction of sp³-hybridized carbons (Fsp3) is 0.111. The number of aryl methyl sites for hydroxylation is 1. The number of benzene rings is 1. The summed E-state index contributed by atoms with van der Waals surface area (Å²) in [5.41, 5.74) is 7.30. The Morgan fingerprint density at radius 2 is 2.21 bits per heavy atom. The average molecular weight is 208 g/mol. The van der Waals surface area contributed by atoms with E-state index in [-0.39, 0.29) is 9.92 Å². The molecule has 0 bridgehead atoms. The van der Waals surface area contributed by atoms with Gasteiger partial charge < -0.3 is 5.73 Å². The van der Waals surface area contributed by atoms with Crippen LogP contribution in [0.1, 0.15) is 5.56 Å². The molecule has 72 valence electrons. The lowest BCUT2D eigenvalue weighted by molar-refractivity contribution is -0.380. The van der Waals surface area contributed by atoms with Gasteiger partial charge in [-0.3, -0.25) is 10.1 Å². The molecule has 0 aliphatic carbocycles. The summed E-state index contributed by atoms with van der Waals surface area (Å²) in [7, 11) is 0. The fourth-order valence-electron chi connectivity index (χ4n) is 1.33. The van der Waals surface area contributed by atoms with Gasteiger partial charge in [0.15, 0.2) is 0 Å². The molecule has 0 spiro atoms. The van der Waals surface area contributed by atoms with Gasteiger partial charge in [-0.05, 0) is 18.6 Å². The highest BCUT2D eigenvalue weighted by Crippen LogP contribution is 2.35. The summed E-state index contributed by atoms with van der Waals surface area (Å²) in [5, 5.41) is 11.6. The van der Waals surface area contributed by atoms with Crippen molar-refractivity contribution >= 4 is 32.1 Å². The number of nitrogens with two attached hydrogens (primary N) is 1. The van der Waals surface area contributed by atoms with Crippen molar-refractivity contribution in [2.24, 2.45) is 0 Å². The van der Waals surface area contributed by atoms with Gasteiger partial charge in [-0.25, -0.2) is 0 Å². The van der Waals surface area contributed by atoms with Crippen molar-refractivity contribution < 1.29 is 4.92 Å². The number of hydrogen-bond acceptors (Lipinski definition) is 4. The van der Waals surface area contributed by atoms with E-state index in [0.29, 0.717) is 5.69 Å². The number of thiophene rings is 1. The first-order valence-electron chi connectivity index (χ1n) is 4.02. The van der Waals surface area contributed by atoms with E-state index in [0.717, 1.165) is 15.6 Å². The first-order valence-corrected chi connectivity index (χ1v) is 4.84. The highest BCUT2D eigenvalue weighted by molar-refractivity contribution is 7.22. The van der Waals surface area contributed by atoms with Crippen molar-refractivity contribution in [2.45, 2.75) is 6.92 Å². The molecule has 2 aromatic rings. The fourth-order valence-corrected chi connectivity index (χ4v) is 2.32. The monoisotopic (exact) mass is 208 g/mol. The zero-order valence-corrected chi connectivity index (χ0v) is 8.30. The number of nitrogen functional groups attached to an aromatic ring is 1. The van der Waals surface area contributed by atoms with E-state index in [1.165, 1.54) is 11.3 Å². The molecule has 0 atom stereocenters. The minimum atomic E-state index is -0.375. The molecule has 5 heteroatoms. The molecule has 0 fully saturated rings. The molecule has 0 amide bonds. The molecule has 0 saturated carbocycles. The second-order valence-electron chi connectivity index (χ2n) is 3.04. The molecular formula is C9H8N2O2S. The number of rotatable bonds is 1. The molecule has 4 nitrogen and oxygen atoms in total. The third kappa shape index (κ3) is 1.22. The Morgan fingerprint density at radius 1 is 1.50 bits per heavy atom. The zero-order valence-electron chi connectivity index (χ0n) is 7.48. The van der Waals surface area contributed by atoms with Crippen LogP contribution in [-0.4, -0.2) is 4.92 Å². The van der Waals surface area contributed by atoms with Gasteiger partial charge in [0.05, 0.1) is 4.92 Å². The summed E-state index contributed by atoms with van der Waals surface area (Å²) in [6, 6.07) is 5.15. The number of fused-ring (bicyclic) bond motifs is 1. The molecule has 1 aromatic heterocycles. The van der Waals surface area contributed by atoms with Gasteiger partial charge in [0, 0.05) is 21.8 Å². The number of nitrogens with zero attached hydrogens (tertiary/aromatic N) is 1. The molecule has 14 heavy (non-hydrogen) atoms. The summed E-state index contributed by atoms with van der Waals surface area (Å²) < 4.78 is 0.900. The van der Waals surface area contributed by atoms with Gasteiger partial charge in [0.25, 0.3) is 0 Å². The number of hydrogen-bond donors (Lipinski definition) is 1. The van der Waals surface area contributed by atoms with E-state index >= 15 is 0 Å². The average Bonchev–Trinajstić information content (AvgIpc) is 2.56. The maximum Gasteiger partial charge on any atom is 0.325 e. The second kappa shape index (κ2) is 2.95. The minimum Gasteiger partial charge on any atom is -0.398 e. The molecular weight excluding hydrogens is 200 g/mol. The van der Waals surface area contributed by atoms with Crippen molar-refractivity contribution in [3.63, 3.8) is 0 Å². The molecule has 0 saturated heterocycles. The summed E-state index contributed by atoms with van der Waals surface area (Å²) in [6.45, 7) is 1.87. The van der Waals surface area contributed by atoms with E-state index in [1.807, 2.05) is 6.92 Å². The van der Waals surface area contributed by atoms with E-state index in [1.54, 1.807) is 18.2 Å². The van der Waals surface area contributed by atoms with Crippen molar-refractivity contribution in [1.82, 2.24) is 0 Å². The molecule has 1 aromatic carbocycles. The van der Waals surface area contributed by atoms with Crippen LogP contribution in [-0.2, 0) is 0 Å². The molecule has 2 rings (SSSR count). The Kier molecular flexibility index (Phi) is 1.89. The lowest BCUT2D eigenvalue weighted by Crippen LogP contribution is -1.87. The molecule has 2 N–H and O–H groups in total. The van der Waals surface area contributed by atoms with Crippen LogP contribution in [0, 0.1) is 17.0 Å². The topological polar surface area (TPSA) is 69.2 Å². The largest absolute Gasteiger partial charge is 0.398 e. The number of anilines is 1. The Morgan fingerprint density at radius 3 is 2.86 bits per heavy atom. The second-order valence-corrected chi connectivity index (χ2v) is 4.07. The van der Waals surface area contributed by atoms with Crippen molar-refractivity contribution in [1.29, 1.82) is 0 Å². The van der Waals surface area contributed by atoms with Crippen molar-refractivity contribution in [2.75, 3.05) is 5.73 Å². The standard InChI is InChI=1S/C9H8N2O2S/c1-5-7(10)3-2-6-4-8(11(12)13)14-9(5)6/h2-4H,10H2,1H3. The third-order valence-electron chi connectivity index (χ3n) is 2.14. The summed E-state index contributed by atoms with van der Waals surface area (Å²) >= 11 is 1.17. The van der Waals surface area contributed by atoms with Crippen LogP contribution in [0.25, 0.3) is 10.1 Å². The van der Waals surface area contributed by atoms with Gasteiger partial charge in [-0.1, -0.05) is 17.4 Å². The predicted molar refractivity (Wildman–Crippen MR) is 57.6 cm³/mol. The normalized spacial score (nSPS) is 10.6. The van der Waals surface area contributed by atoms with E-state index in [2.05, 4.69) is 0 Å². The third-order valence-corrected chi connectivity index (χ3v) is 3.37. The first-order chi connectivity index (χ1) is 6.59. The van der Waals surface area contributed by atoms with Crippen LogP contribution in [0.4, 0.5) is 10.7 Å². The van der Waals surface area contributed by atoms with Crippen LogP contribution in [0.15, 0.2) is 18.2 Å². The van der Waals surface area contributed by atoms with Gasteiger partial charge in [0.1, 0.15) is 0 Å². The molecule has 0 unspecified atom stereocenters. The van der Waals surface area contributed by atoms with E-state index in [9.17, 15) is 10.1 Å². The van der Waals surface area contributed by atoms with Crippen LogP contribution < -0.4 is 5.73 Å². The van der Waals surface area contributed by atoms with Crippen molar-refractivity contribution in [3.05, 3.63) is 33.9 Å². The maximum atomic E-state index is 10.6. The van der Waals surface area contributed by atoms with Crippen LogP contribution in [0.3, 0.4) is 0 Å². The Hall–Kier alpha value is -1.62. The van der Waals surface area contributed by atoms with Crippen molar-refractivity contribution in [3.8, 4) is 0 Å². The summed E-state index contributed by atoms with van der Waals surface area (Å²) in [5.74, 6) is 0. The van der Waals surface area contributed by atoms with Crippen LogP contribution >= 0.6 is 11.3 Å². The summed E-state index contributed by atoms with van der Waals surface area (Å²) in [4.78, 5) is 10.2. The van der Waals surface area contributed by atoms with Crippen LogP contribution in [0.2, 0.25) is 0 Å². The predicted octanol–water partition coefficient (Wildman–Crippen LogP) is 2.70. The number of nitro groups is 1. The zero-order chi connectivity index (χ0) is 10.3. The van der Waals surface area contributed by atoms with Gasteiger partial charge in [-0.15, -0.1) is 0 Å². The SMILES string of the molecule is Cc1c(N)ccc2cc([N+](=O)[O-])sc12. The Labute approximate surface area is 84.1 Å². The Balaban J connectivity index is 2.77. The summed E-state index contributed by atoms with van der Waals surface area (Å²) in [6.07, 6.45) is 0. The highest BCUT2D eigenvalue weighted by atomic mass is 32.1. The quantitative estimate of drug-likeness (QED) is 0.445. The first kappa shape index (κ1) is 8.96. The van der Waals surface area contributed by atoms with Gasteiger partial charge in [-0.2, -0.15) is 0 Å². The lowest BCUT2D eigenvalue weighted by Gasteiger charge is -1.98. The van der Waals surface area contributed by atoms with Gasteiger partial charge >= 0.3 is 5.00 Å². The Bertz CT molecular complexity index is 519. The minimum absolute atomic E-state index is 0.161. The molecule has 0 aliphatic rings. The highest BCUT2D eigenvalue weighted by Gasteiger charge is 2.13. The molecule has 1 heterocycles. The van der Waals surface area contributed by atoms with Crippen LogP contribution in [0.5, 0.6) is 0 Å². The van der Waals surface area contributed by atoms with E-state index in [4.69, 9.17) is 5.73 Å². The van der Waals surface area contributed by atoms with Gasteiger partial charge in [0.2, 0.25) is 0 Å². The smallest absolute Gasteiger partial charge is 0.325 e. The lowest BCUT2D eigenvalue weighted by atomic mass is 10.1.